The van der Waals surface area contributed by atoms with E-state index in [1.54, 1.807) is 11.9 Å². The summed E-state index contributed by atoms with van der Waals surface area (Å²) in [5.41, 5.74) is 0. The topological polar surface area (TPSA) is 69.6 Å². The highest BCUT2D eigenvalue weighted by Crippen LogP contribution is 2.27. The van der Waals surface area contributed by atoms with E-state index in [9.17, 15) is 14.7 Å². The molecule has 0 bridgehead atoms. The third-order valence-corrected chi connectivity index (χ3v) is 5.58. The van der Waals surface area contributed by atoms with Gasteiger partial charge < -0.3 is 15.3 Å². The Morgan fingerprint density at radius 1 is 1.25 bits per heavy atom. The Morgan fingerprint density at radius 2 is 1.95 bits per heavy atom. The van der Waals surface area contributed by atoms with E-state index in [1.807, 2.05) is 11.8 Å². The van der Waals surface area contributed by atoms with Gasteiger partial charge in [0, 0.05) is 18.8 Å². The maximum Gasteiger partial charge on any atom is 0.326 e. The van der Waals surface area contributed by atoms with Crippen LogP contribution in [-0.4, -0.2) is 52.6 Å². The molecule has 20 heavy (non-hydrogen) atoms. The standard InChI is InChI=1S/C14H24N2O3S/c1-16(11-7-8-20-9-11)14(19)15-12(13(17)18)10-5-3-2-4-6-10/h10-12H,2-9H2,1H3,(H,15,19)(H,17,18). The number of thioether (sulfide) groups is 1. The van der Waals surface area contributed by atoms with Gasteiger partial charge in [-0.15, -0.1) is 0 Å². The minimum Gasteiger partial charge on any atom is -0.480 e. The molecule has 1 saturated heterocycles. The molecule has 0 aromatic carbocycles. The van der Waals surface area contributed by atoms with E-state index < -0.39 is 12.0 Å². The summed E-state index contributed by atoms with van der Waals surface area (Å²) in [6, 6.07) is -0.740. The van der Waals surface area contributed by atoms with E-state index in [4.69, 9.17) is 0 Å². The van der Waals surface area contributed by atoms with Gasteiger partial charge in [0.05, 0.1) is 0 Å². The number of nitrogens with zero attached hydrogens (tertiary/aromatic N) is 1. The Labute approximate surface area is 124 Å². The highest BCUT2D eigenvalue weighted by atomic mass is 32.2. The van der Waals surface area contributed by atoms with Crippen LogP contribution in [0.4, 0.5) is 4.79 Å². The van der Waals surface area contributed by atoms with E-state index in [-0.39, 0.29) is 18.0 Å². The normalized spacial score (nSPS) is 25.1. The smallest absolute Gasteiger partial charge is 0.326 e. The molecule has 5 nitrogen and oxygen atoms in total. The van der Waals surface area contributed by atoms with Crippen molar-refractivity contribution in [3.63, 3.8) is 0 Å². The number of rotatable bonds is 4. The Hall–Kier alpha value is -0.910. The summed E-state index contributed by atoms with van der Waals surface area (Å²) in [7, 11) is 1.77. The fourth-order valence-electron chi connectivity index (χ4n) is 3.08. The Bertz CT molecular complexity index is 352. The number of urea groups is 1. The average molecular weight is 300 g/mol. The number of carboxylic acids is 1. The van der Waals surface area contributed by atoms with E-state index >= 15 is 0 Å². The molecule has 0 radical (unpaired) electrons. The molecule has 0 spiro atoms. The van der Waals surface area contributed by atoms with Crippen molar-refractivity contribution < 1.29 is 14.7 Å². The van der Waals surface area contributed by atoms with E-state index in [1.165, 1.54) is 6.42 Å². The molecule has 1 heterocycles. The first-order chi connectivity index (χ1) is 9.59. The van der Waals surface area contributed by atoms with Crippen LogP contribution in [0, 0.1) is 5.92 Å². The Morgan fingerprint density at radius 3 is 2.50 bits per heavy atom. The van der Waals surface area contributed by atoms with Crippen LogP contribution in [0.2, 0.25) is 0 Å². The molecule has 2 unspecified atom stereocenters. The lowest BCUT2D eigenvalue weighted by Gasteiger charge is -2.31. The second-order valence-electron chi connectivity index (χ2n) is 5.79. The molecular formula is C14H24N2O3S. The van der Waals surface area contributed by atoms with Crippen LogP contribution in [0.1, 0.15) is 38.5 Å². The SMILES string of the molecule is CN(C(=O)NC(C(=O)O)C1CCCCC1)C1CCSC1. The van der Waals surface area contributed by atoms with Gasteiger partial charge in [0.2, 0.25) is 0 Å². The molecule has 2 rings (SSSR count). The molecule has 2 aliphatic rings. The number of carbonyl (C=O) groups excluding carboxylic acids is 1. The second kappa shape index (κ2) is 7.20. The van der Waals surface area contributed by atoms with Crippen LogP contribution in [0.15, 0.2) is 0 Å². The average Bonchev–Trinajstić information content (AvgIpc) is 2.98. The van der Waals surface area contributed by atoms with E-state index in [2.05, 4.69) is 5.32 Å². The van der Waals surface area contributed by atoms with Gasteiger partial charge in [0.25, 0.3) is 0 Å². The molecule has 6 heteroatoms. The number of aliphatic carboxylic acids is 1. The van der Waals surface area contributed by atoms with Crippen molar-refractivity contribution in [2.24, 2.45) is 5.92 Å². The summed E-state index contributed by atoms with van der Waals surface area (Å²) in [6.45, 7) is 0. The van der Waals surface area contributed by atoms with E-state index in [0.717, 1.165) is 43.6 Å². The molecular weight excluding hydrogens is 276 g/mol. The van der Waals surface area contributed by atoms with Gasteiger partial charge in [-0.1, -0.05) is 19.3 Å². The molecule has 2 atom stereocenters. The zero-order valence-electron chi connectivity index (χ0n) is 12.0. The predicted molar refractivity (Wildman–Crippen MR) is 80.0 cm³/mol. The zero-order valence-corrected chi connectivity index (χ0v) is 12.8. The lowest BCUT2D eigenvalue weighted by molar-refractivity contribution is -0.141. The molecule has 1 aliphatic heterocycles. The minimum atomic E-state index is -0.903. The highest BCUT2D eigenvalue weighted by Gasteiger charge is 2.33. The van der Waals surface area contributed by atoms with Crippen LogP contribution in [0.25, 0.3) is 0 Å². The summed E-state index contributed by atoms with van der Waals surface area (Å²) < 4.78 is 0. The summed E-state index contributed by atoms with van der Waals surface area (Å²) in [5, 5.41) is 12.1. The number of hydrogen-bond donors (Lipinski definition) is 2. The molecule has 2 fully saturated rings. The molecule has 2 amide bonds. The fourth-order valence-corrected chi connectivity index (χ4v) is 4.34. The quantitative estimate of drug-likeness (QED) is 0.835. The summed E-state index contributed by atoms with van der Waals surface area (Å²) >= 11 is 1.84. The van der Waals surface area contributed by atoms with Crippen molar-refractivity contribution in [1.82, 2.24) is 10.2 Å². The summed E-state index contributed by atoms with van der Waals surface area (Å²) in [4.78, 5) is 25.3. The van der Waals surface area contributed by atoms with Crippen LogP contribution in [0.5, 0.6) is 0 Å². The Kier molecular flexibility index (Phi) is 5.57. The molecule has 2 N–H and O–H groups in total. The van der Waals surface area contributed by atoms with Gasteiger partial charge in [0.1, 0.15) is 6.04 Å². The highest BCUT2D eigenvalue weighted by molar-refractivity contribution is 7.99. The largest absolute Gasteiger partial charge is 0.480 e. The van der Waals surface area contributed by atoms with Gasteiger partial charge in [-0.25, -0.2) is 9.59 Å². The van der Waals surface area contributed by atoms with Gasteiger partial charge in [0.15, 0.2) is 0 Å². The van der Waals surface area contributed by atoms with Crippen LogP contribution < -0.4 is 5.32 Å². The maximum absolute atomic E-state index is 12.2. The number of carboxylic acid groups (broad SMARTS) is 1. The predicted octanol–water partition coefficient (Wildman–Crippen LogP) is 2.17. The molecule has 1 aliphatic carbocycles. The Balaban J connectivity index is 1.92. The maximum atomic E-state index is 12.2. The van der Waals surface area contributed by atoms with Crippen LogP contribution >= 0.6 is 11.8 Å². The number of hydrogen-bond acceptors (Lipinski definition) is 3. The van der Waals surface area contributed by atoms with Crippen molar-refractivity contribution >= 4 is 23.8 Å². The first-order valence-electron chi connectivity index (χ1n) is 7.43. The molecule has 1 saturated carbocycles. The minimum absolute atomic E-state index is 0.0801. The van der Waals surface area contributed by atoms with Gasteiger partial charge in [-0.2, -0.15) is 11.8 Å². The van der Waals surface area contributed by atoms with Gasteiger partial charge in [-0.05, 0) is 30.9 Å². The molecule has 114 valence electrons. The van der Waals surface area contributed by atoms with Crippen molar-refractivity contribution in [2.75, 3.05) is 18.6 Å². The third-order valence-electron chi connectivity index (χ3n) is 4.44. The number of nitrogens with one attached hydrogen (secondary N) is 1. The van der Waals surface area contributed by atoms with Gasteiger partial charge >= 0.3 is 12.0 Å². The lowest BCUT2D eigenvalue weighted by Crippen LogP contribution is -2.52. The summed E-state index contributed by atoms with van der Waals surface area (Å²) in [6.07, 6.45) is 6.12. The van der Waals surface area contributed by atoms with Crippen LogP contribution in [0.3, 0.4) is 0 Å². The first-order valence-corrected chi connectivity index (χ1v) is 8.59. The van der Waals surface area contributed by atoms with Crippen molar-refractivity contribution in [3.8, 4) is 0 Å². The number of amides is 2. The lowest BCUT2D eigenvalue weighted by atomic mass is 9.84. The second-order valence-corrected chi connectivity index (χ2v) is 6.94. The third kappa shape index (κ3) is 3.81. The monoisotopic (exact) mass is 300 g/mol. The zero-order chi connectivity index (χ0) is 14.5. The fraction of sp³-hybridized carbons (Fsp3) is 0.857. The number of carbonyl (C=O) groups is 2. The molecule has 0 aromatic rings. The van der Waals surface area contributed by atoms with Crippen LogP contribution in [-0.2, 0) is 4.79 Å². The summed E-state index contributed by atoms with van der Waals surface area (Å²) in [5.74, 6) is 1.20. The van der Waals surface area contributed by atoms with Crippen molar-refractivity contribution in [2.45, 2.75) is 50.6 Å². The van der Waals surface area contributed by atoms with Gasteiger partial charge in [-0.3, -0.25) is 0 Å². The van der Waals surface area contributed by atoms with E-state index in [0.29, 0.717) is 0 Å². The van der Waals surface area contributed by atoms with Crippen molar-refractivity contribution in [1.29, 1.82) is 0 Å². The molecule has 0 aromatic heterocycles. The van der Waals surface area contributed by atoms with Crippen molar-refractivity contribution in [3.05, 3.63) is 0 Å². The first kappa shape index (κ1) is 15.5.